The summed E-state index contributed by atoms with van der Waals surface area (Å²) in [4.78, 5) is 14.0. The first-order valence-corrected chi connectivity index (χ1v) is 11.2. The molecular formula is C16H34N2O6Si. The molecule has 0 bridgehead atoms. The van der Waals surface area contributed by atoms with Crippen LogP contribution in [0.3, 0.4) is 0 Å². The first kappa shape index (κ1) is 22.3. The highest BCUT2D eigenvalue weighted by atomic mass is 28.4. The maximum atomic E-state index is 11.7. The highest BCUT2D eigenvalue weighted by molar-refractivity contribution is 6.60. The molecule has 1 aliphatic heterocycles. The number of hydrogen-bond donors (Lipinski definition) is 1. The molecule has 1 amide bonds. The number of hydrogen-bond acceptors (Lipinski definition) is 7. The lowest BCUT2D eigenvalue weighted by molar-refractivity contribution is 0.0281. The maximum Gasteiger partial charge on any atom is 0.500 e. The van der Waals surface area contributed by atoms with Gasteiger partial charge in [-0.2, -0.15) is 0 Å². The summed E-state index contributed by atoms with van der Waals surface area (Å²) in [5, 5.41) is 2.77. The van der Waals surface area contributed by atoms with Crippen molar-refractivity contribution in [1.29, 1.82) is 0 Å². The molecule has 0 unspecified atom stereocenters. The number of amides is 1. The second-order valence-electron chi connectivity index (χ2n) is 5.60. The standard InChI is InChI=1S/C16H34N2O6Si/c1-4-22-25(23-5-2,24-6-3)15-7-8-17-16(19)21-14-11-18-9-12-20-13-10-18/h4-15H2,1-3H3,(H,17,19). The summed E-state index contributed by atoms with van der Waals surface area (Å²) in [5.41, 5.74) is 0. The summed E-state index contributed by atoms with van der Waals surface area (Å²) >= 11 is 0. The molecule has 0 aliphatic carbocycles. The number of ether oxygens (including phenoxy) is 2. The minimum absolute atomic E-state index is 0.384. The van der Waals surface area contributed by atoms with Crippen molar-refractivity contribution in [2.45, 2.75) is 33.2 Å². The summed E-state index contributed by atoms with van der Waals surface area (Å²) in [6.07, 6.45) is 0.342. The van der Waals surface area contributed by atoms with Gasteiger partial charge in [-0.1, -0.05) is 0 Å². The fraction of sp³-hybridized carbons (Fsp3) is 0.938. The fourth-order valence-corrected chi connectivity index (χ4v) is 5.25. The average Bonchev–Trinajstić information content (AvgIpc) is 2.60. The van der Waals surface area contributed by atoms with Crippen LogP contribution in [-0.2, 0) is 22.8 Å². The monoisotopic (exact) mass is 378 g/mol. The highest BCUT2D eigenvalue weighted by Gasteiger charge is 2.39. The van der Waals surface area contributed by atoms with Gasteiger partial charge in [0, 0.05) is 52.0 Å². The fourth-order valence-electron chi connectivity index (χ4n) is 2.64. The number of carbonyl (C=O) groups excluding carboxylic acids is 1. The summed E-state index contributed by atoms with van der Waals surface area (Å²) in [6, 6.07) is 0.677. The van der Waals surface area contributed by atoms with Gasteiger partial charge < -0.3 is 28.1 Å². The Morgan fingerprint density at radius 1 is 1.08 bits per heavy atom. The third-order valence-corrected chi connectivity index (χ3v) is 6.92. The van der Waals surface area contributed by atoms with Crippen LogP contribution in [0.1, 0.15) is 27.2 Å². The van der Waals surface area contributed by atoms with Crippen LogP contribution >= 0.6 is 0 Å². The van der Waals surface area contributed by atoms with Crippen molar-refractivity contribution in [3.8, 4) is 0 Å². The van der Waals surface area contributed by atoms with Crippen LogP contribution in [0, 0.1) is 0 Å². The van der Waals surface area contributed by atoms with Crippen molar-refractivity contribution < 1.29 is 27.5 Å². The van der Waals surface area contributed by atoms with E-state index in [4.69, 9.17) is 22.8 Å². The molecule has 1 rings (SSSR count). The smallest absolute Gasteiger partial charge is 0.448 e. The van der Waals surface area contributed by atoms with Crippen LogP contribution in [-0.4, -0.2) is 85.6 Å². The molecule has 1 saturated heterocycles. The van der Waals surface area contributed by atoms with Crippen molar-refractivity contribution in [3.05, 3.63) is 0 Å². The van der Waals surface area contributed by atoms with Crippen molar-refractivity contribution in [3.63, 3.8) is 0 Å². The normalized spacial score (nSPS) is 16.0. The molecule has 1 N–H and O–H groups in total. The van der Waals surface area contributed by atoms with Gasteiger partial charge in [0.15, 0.2) is 0 Å². The van der Waals surface area contributed by atoms with Gasteiger partial charge in [0.2, 0.25) is 0 Å². The molecule has 0 radical (unpaired) electrons. The molecule has 25 heavy (non-hydrogen) atoms. The summed E-state index contributed by atoms with van der Waals surface area (Å²) < 4.78 is 27.8. The van der Waals surface area contributed by atoms with Gasteiger partial charge in [-0.3, -0.25) is 4.90 Å². The number of carbonyl (C=O) groups is 1. The first-order chi connectivity index (χ1) is 12.2. The number of nitrogens with zero attached hydrogens (tertiary/aromatic N) is 1. The van der Waals surface area contributed by atoms with E-state index in [9.17, 15) is 4.79 Å². The van der Waals surface area contributed by atoms with Gasteiger partial charge in [-0.05, 0) is 27.2 Å². The zero-order chi connectivity index (χ0) is 18.4. The Labute approximate surface area is 152 Å². The molecule has 0 aromatic carbocycles. The van der Waals surface area contributed by atoms with Gasteiger partial charge in [0.1, 0.15) is 6.61 Å². The minimum Gasteiger partial charge on any atom is -0.448 e. The molecule has 148 valence electrons. The number of morpholine rings is 1. The van der Waals surface area contributed by atoms with Crippen LogP contribution in [0.2, 0.25) is 6.04 Å². The van der Waals surface area contributed by atoms with Crippen LogP contribution in [0.4, 0.5) is 4.79 Å². The van der Waals surface area contributed by atoms with E-state index in [1.54, 1.807) is 0 Å². The first-order valence-electron chi connectivity index (χ1n) is 9.28. The third kappa shape index (κ3) is 9.52. The lowest BCUT2D eigenvalue weighted by atomic mass is 10.4. The Kier molecular flexibility index (Phi) is 12.0. The van der Waals surface area contributed by atoms with E-state index in [2.05, 4.69) is 10.2 Å². The topological polar surface area (TPSA) is 78.5 Å². The van der Waals surface area contributed by atoms with Gasteiger partial charge in [-0.25, -0.2) is 4.79 Å². The van der Waals surface area contributed by atoms with E-state index in [0.29, 0.717) is 39.0 Å². The Hall–Kier alpha value is -0.713. The zero-order valence-electron chi connectivity index (χ0n) is 15.9. The molecule has 0 aromatic rings. The zero-order valence-corrected chi connectivity index (χ0v) is 16.9. The predicted octanol–water partition coefficient (Wildman–Crippen LogP) is 1.48. The van der Waals surface area contributed by atoms with Gasteiger partial charge in [-0.15, -0.1) is 0 Å². The van der Waals surface area contributed by atoms with Crippen LogP contribution in [0.5, 0.6) is 0 Å². The molecule has 0 spiro atoms. The molecule has 1 aliphatic rings. The van der Waals surface area contributed by atoms with Crippen molar-refractivity contribution >= 4 is 14.9 Å². The average molecular weight is 379 g/mol. The Morgan fingerprint density at radius 2 is 1.68 bits per heavy atom. The van der Waals surface area contributed by atoms with Gasteiger partial charge in [0.05, 0.1) is 13.2 Å². The molecule has 1 heterocycles. The molecule has 0 atom stereocenters. The van der Waals surface area contributed by atoms with E-state index in [0.717, 1.165) is 39.3 Å². The lowest BCUT2D eigenvalue weighted by Crippen LogP contribution is -2.46. The lowest BCUT2D eigenvalue weighted by Gasteiger charge is -2.28. The summed E-state index contributed by atoms with van der Waals surface area (Å²) in [6.45, 7) is 12.4. The van der Waals surface area contributed by atoms with Crippen molar-refractivity contribution in [1.82, 2.24) is 10.2 Å². The number of rotatable bonds is 13. The second kappa shape index (κ2) is 13.5. The van der Waals surface area contributed by atoms with Crippen LogP contribution < -0.4 is 5.32 Å². The molecular weight excluding hydrogens is 344 g/mol. The van der Waals surface area contributed by atoms with Gasteiger partial charge >= 0.3 is 14.9 Å². The molecule has 1 fully saturated rings. The van der Waals surface area contributed by atoms with E-state index in [-0.39, 0.29) is 6.09 Å². The molecule has 0 aromatic heterocycles. The molecule has 8 nitrogen and oxygen atoms in total. The van der Waals surface area contributed by atoms with E-state index < -0.39 is 8.80 Å². The van der Waals surface area contributed by atoms with Crippen LogP contribution in [0.15, 0.2) is 0 Å². The summed E-state index contributed by atoms with van der Waals surface area (Å²) in [7, 11) is -2.63. The SMILES string of the molecule is CCO[Si](CCCNC(=O)OCCN1CCOCC1)(OCC)OCC. The summed E-state index contributed by atoms with van der Waals surface area (Å²) in [5.74, 6) is 0. The maximum absolute atomic E-state index is 11.7. The number of nitrogens with one attached hydrogen (secondary N) is 1. The Balaban J connectivity index is 2.17. The van der Waals surface area contributed by atoms with Crippen molar-refractivity contribution in [2.24, 2.45) is 0 Å². The van der Waals surface area contributed by atoms with E-state index >= 15 is 0 Å². The molecule has 9 heteroatoms. The Morgan fingerprint density at radius 3 is 2.24 bits per heavy atom. The van der Waals surface area contributed by atoms with Crippen molar-refractivity contribution in [2.75, 3.05) is 65.8 Å². The molecule has 0 saturated carbocycles. The quantitative estimate of drug-likeness (QED) is 0.384. The van der Waals surface area contributed by atoms with E-state index in [1.807, 2.05) is 20.8 Å². The van der Waals surface area contributed by atoms with E-state index in [1.165, 1.54) is 0 Å². The number of alkyl carbamates (subject to hydrolysis) is 1. The van der Waals surface area contributed by atoms with Crippen LogP contribution in [0.25, 0.3) is 0 Å². The highest BCUT2D eigenvalue weighted by Crippen LogP contribution is 2.17. The van der Waals surface area contributed by atoms with Gasteiger partial charge in [0.25, 0.3) is 0 Å². The second-order valence-corrected chi connectivity index (χ2v) is 8.33. The Bertz CT molecular complexity index is 338. The minimum atomic E-state index is -2.63. The third-order valence-electron chi connectivity index (χ3n) is 3.77. The predicted molar refractivity (Wildman–Crippen MR) is 96.7 cm³/mol. The largest absolute Gasteiger partial charge is 0.500 e.